The van der Waals surface area contributed by atoms with Crippen LogP contribution < -0.4 is 19.7 Å². The highest BCUT2D eigenvalue weighted by Crippen LogP contribution is 2.35. The third kappa shape index (κ3) is 5.15. The Kier molecular flexibility index (Phi) is 6.13. The van der Waals surface area contributed by atoms with E-state index in [1.807, 2.05) is 30.3 Å². The zero-order valence-corrected chi connectivity index (χ0v) is 17.1. The molecule has 7 heteroatoms. The van der Waals surface area contributed by atoms with Crippen LogP contribution in [0.3, 0.4) is 0 Å². The maximum Gasteiger partial charge on any atom is 0.190 e. The molecule has 0 spiro atoms. The number of rotatable bonds is 6. The Balaban J connectivity index is 1.24. The summed E-state index contributed by atoms with van der Waals surface area (Å²) in [6.07, 6.45) is 0.495. The van der Waals surface area contributed by atoms with Gasteiger partial charge in [-0.3, -0.25) is 4.90 Å². The van der Waals surface area contributed by atoms with Crippen LogP contribution in [0, 0.1) is 0 Å². The second kappa shape index (κ2) is 8.95. The van der Waals surface area contributed by atoms with Crippen LogP contribution in [0.2, 0.25) is 5.02 Å². The summed E-state index contributed by atoms with van der Waals surface area (Å²) in [7, 11) is 0. The van der Waals surface area contributed by atoms with E-state index in [1.54, 1.807) is 0 Å². The average Bonchev–Trinajstić information content (AvgIpc) is 2.92. The second-order valence-corrected chi connectivity index (χ2v) is 7.83. The lowest BCUT2D eigenvalue weighted by molar-refractivity contribution is 0.0704. The summed E-state index contributed by atoms with van der Waals surface area (Å²) in [6.45, 7) is 8.36. The van der Waals surface area contributed by atoms with Gasteiger partial charge in [0, 0.05) is 43.0 Å². The van der Waals surface area contributed by atoms with Gasteiger partial charge in [0.15, 0.2) is 11.6 Å². The predicted molar refractivity (Wildman–Crippen MR) is 116 cm³/mol. The number of ether oxygens (including phenoxy) is 2. The van der Waals surface area contributed by atoms with Crippen LogP contribution in [0.15, 0.2) is 54.9 Å². The minimum Gasteiger partial charge on any atom is -0.491 e. The first kappa shape index (κ1) is 19.9. The van der Waals surface area contributed by atoms with Gasteiger partial charge in [0.1, 0.15) is 18.5 Å². The molecular formula is C22H26ClN3O3. The highest BCUT2D eigenvalue weighted by molar-refractivity contribution is 6.30. The van der Waals surface area contributed by atoms with Crippen molar-refractivity contribution >= 4 is 23.0 Å². The minimum atomic E-state index is -0.556. The molecule has 6 nitrogen and oxygen atoms in total. The number of fused-ring (bicyclic) bond motifs is 1. The number of β-amino-alcohol motifs (C(OH)–C–C–N with tert-alkyl or cyclic N) is 1. The highest BCUT2D eigenvalue weighted by atomic mass is 35.5. The molecule has 1 saturated heterocycles. The molecule has 0 amide bonds. The number of benzene rings is 2. The first-order valence-electron chi connectivity index (χ1n) is 9.88. The molecule has 2 heterocycles. The molecule has 0 radical (unpaired) electrons. The van der Waals surface area contributed by atoms with Crippen LogP contribution >= 0.6 is 11.6 Å². The van der Waals surface area contributed by atoms with E-state index in [2.05, 4.69) is 33.8 Å². The summed E-state index contributed by atoms with van der Waals surface area (Å²) in [6, 6.07) is 13.5. The molecule has 4 rings (SSSR count). The van der Waals surface area contributed by atoms with E-state index in [9.17, 15) is 5.11 Å². The maximum atomic E-state index is 10.5. The molecule has 1 fully saturated rings. The predicted octanol–water partition coefficient (Wildman–Crippen LogP) is 3.57. The Bertz CT molecular complexity index is 859. The van der Waals surface area contributed by atoms with Gasteiger partial charge < -0.3 is 24.8 Å². The van der Waals surface area contributed by atoms with Crippen LogP contribution in [-0.2, 0) is 0 Å². The Labute approximate surface area is 176 Å². The first-order chi connectivity index (χ1) is 14.1. The lowest BCUT2D eigenvalue weighted by Crippen LogP contribution is -2.38. The second-order valence-electron chi connectivity index (χ2n) is 7.39. The van der Waals surface area contributed by atoms with Gasteiger partial charge in [-0.15, -0.1) is 0 Å². The quantitative estimate of drug-likeness (QED) is 0.752. The van der Waals surface area contributed by atoms with Crippen LogP contribution in [0.1, 0.15) is 6.42 Å². The van der Waals surface area contributed by atoms with Crippen molar-refractivity contribution in [1.29, 1.82) is 0 Å². The highest BCUT2D eigenvalue weighted by Gasteiger charge is 2.19. The van der Waals surface area contributed by atoms with E-state index in [-0.39, 0.29) is 6.61 Å². The van der Waals surface area contributed by atoms with Crippen LogP contribution in [0.4, 0.5) is 11.4 Å². The molecule has 0 unspecified atom stereocenters. The lowest BCUT2D eigenvalue weighted by atomic mass is 10.2. The van der Waals surface area contributed by atoms with Crippen LogP contribution in [0.25, 0.3) is 0 Å². The summed E-state index contributed by atoms with van der Waals surface area (Å²) in [4.78, 5) is 4.66. The fourth-order valence-corrected chi connectivity index (χ4v) is 3.82. The van der Waals surface area contributed by atoms with Crippen molar-refractivity contribution in [2.24, 2.45) is 0 Å². The van der Waals surface area contributed by atoms with Crippen molar-refractivity contribution in [3.05, 3.63) is 59.9 Å². The van der Waals surface area contributed by atoms with E-state index >= 15 is 0 Å². The summed E-state index contributed by atoms with van der Waals surface area (Å²) >= 11 is 5.99. The molecule has 154 valence electrons. The van der Waals surface area contributed by atoms with Gasteiger partial charge in [-0.25, -0.2) is 0 Å². The summed E-state index contributed by atoms with van der Waals surface area (Å²) in [5, 5.41) is 14.2. The van der Waals surface area contributed by atoms with Gasteiger partial charge >= 0.3 is 0 Å². The molecule has 0 aliphatic carbocycles. The lowest BCUT2D eigenvalue weighted by Gasteiger charge is -2.25. The Morgan fingerprint density at radius 2 is 1.97 bits per heavy atom. The largest absolute Gasteiger partial charge is 0.491 e. The molecule has 1 atom stereocenters. The fraction of sp³-hybridized carbons (Fsp3) is 0.364. The Hall–Kier alpha value is -2.41. The van der Waals surface area contributed by atoms with Crippen molar-refractivity contribution in [2.45, 2.75) is 12.5 Å². The van der Waals surface area contributed by atoms with E-state index in [4.69, 9.17) is 21.1 Å². The number of halogens is 1. The fourth-order valence-electron chi connectivity index (χ4n) is 3.70. The molecule has 0 aromatic heterocycles. The summed E-state index contributed by atoms with van der Waals surface area (Å²) in [5.41, 5.74) is 2.06. The molecule has 2 N–H and O–H groups in total. The van der Waals surface area contributed by atoms with Gasteiger partial charge in [0.05, 0.1) is 5.69 Å². The van der Waals surface area contributed by atoms with E-state index < -0.39 is 6.10 Å². The van der Waals surface area contributed by atoms with Gasteiger partial charge in [-0.1, -0.05) is 11.6 Å². The van der Waals surface area contributed by atoms with Crippen molar-refractivity contribution < 1.29 is 14.6 Å². The zero-order chi connectivity index (χ0) is 20.2. The maximum absolute atomic E-state index is 10.5. The minimum absolute atomic E-state index is 0.241. The normalized spacial score (nSPS) is 17.9. The van der Waals surface area contributed by atoms with Crippen molar-refractivity contribution in [3.8, 4) is 11.5 Å². The molecule has 0 bridgehead atoms. The molecule has 2 aromatic carbocycles. The Morgan fingerprint density at radius 1 is 1.14 bits per heavy atom. The van der Waals surface area contributed by atoms with Crippen molar-refractivity contribution in [1.82, 2.24) is 4.90 Å². The third-order valence-corrected chi connectivity index (χ3v) is 5.40. The van der Waals surface area contributed by atoms with E-state index in [1.165, 1.54) is 5.69 Å². The smallest absolute Gasteiger partial charge is 0.190 e. The standard InChI is InChI=1S/C22H26ClN3O3/c1-16-24-21-8-7-20(13-22(21)29-16)28-15-19(27)14-25-9-2-10-26(12-11-25)18-5-3-17(23)4-6-18/h3-8,13,19,24,27H,1-2,9-12,14-15H2/t19-/m0/s1. The number of nitrogens with zero attached hydrogens (tertiary/aromatic N) is 2. The molecular weight excluding hydrogens is 390 g/mol. The summed E-state index contributed by atoms with van der Waals surface area (Å²) in [5.74, 6) is 1.87. The topological polar surface area (TPSA) is 57.2 Å². The van der Waals surface area contributed by atoms with Crippen LogP contribution in [-0.4, -0.2) is 55.4 Å². The van der Waals surface area contributed by atoms with Crippen LogP contribution in [0.5, 0.6) is 11.5 Å². The number of anilines is 2. The number of aliphatic hydroxyl groups excluding tert-OH is 1. The monoisotopic (exact) mass is 415 g/mol. The third-order valence-electron chi connectivity index (χ3n) is 5.15. The van der Waals surface area contributed by atoms with Crippen molar-refractivity contribution in [3.63, 3.8) is 0 Å². The zero-order valence-electron chi connectivity index (χ0n) is 16.3. The number of hydrogen-bond donors (Lipinski definition) is 2. The van der Waals surface area contributed by atoms with Gasteiger partial charge in [-0.2, -0.15) is 0 Å². The number of nitrogens with one attached hydrogen (secondary N) is 1. The average molecular weight is 416 g/mol. The van der Waals surface area contributed by atoms with Crippen molar-refractivity contribution in [2.75, 3.05) is 49.5 Å². The molecule has 0 saturated carbocycles. The van der Waals surface area contributed by atoms with Gasteiger partial charge in [0.25, 0.3) is 0 Å². The van der Waals surface area contributed by atoms with E-state index in [0.29, 0.717) is 23.9 Å². The molecule has 2 aliphatic rings. The molecule has 29 heavy (non-hydrogen) atoms. The SMILES string of the molecule is C=C1Nc2ccc(OC[C@@H](O)CN3CCCN(c4ccc(Cl)cc4)CC3)cc2O1. The summed E-state index contributed by atoms with van der Waals surface area (Å²) < 4.78 is 11.2. The Morgan fingerprint density at radius 3 is 2.79 bits per heavy atom. The molecule has 2 aromatic rings. The number of hydrogen-bond acceptors (Lipinski definition) is 6. The first-order valence-corrected chi connectivity index (χ1v) is 10.3. The molecule has 2 aliphatic heterocycles. The van der Waals surface area contributed by atoms with Gasteiger partial charge in [0.2, 0.25) is 0 Å². The van der Waals surface area contributed by atoms with Gasteiger partial charge in [-0.05, 0) is 55.9 Å². The number of aliphatic hydroxyl groups is 1. The van der Waals surface area contributed by atoms with E-state index in [0.717, 1.165) is 43.3 Å².